The summed E-state index contributed by atoms with van der Waals surface area (Å²) in [6.45, 7) is 0. The molecule has 0 atom stereocenters. The molecule has 0 aliphatic carbocycles. The van der Waals surface area contributed by atoms with Gasteiger partial charge in [-0.05, 0) is 24.3 Å². The first kappa shape index (κ1) is 11.6. The summed E-state index contributed by atoms with van der Waals surface area (Å²) in [5.41, 5.74) is 9.08. The lowest BCUT2D eigenvalue weighted by Gasteiger charge is -1.97. The molecule has 0 saturated heterocycles. The van der Waals surface area contributed by atoms with Crippen molar-refractivity contribution in [3.63, 3.8) is 0 Å². The number of benzene rings is 2. The van der Waals surface area contributed by atoms with E-state index >= 15 is 0 Å². The van der Waals surface area contributed by atoms with Crippen molar-refractivity contribution < 1.29 is 0 Å². The average Bonchev–Trinajstić information content (AvgIpc) is 2.73. The molecule has 18 heavy (non-hydrogen) atoms. The number of imidazole rings is 1. The summed E-state index contributed by atoms with van der Waals surface area (Å²) < 4.78 is 0.919. The molecule has 0 aliphatic rings. The van der Waals surface area contributed by atoms with Gasteiger partial charge < -0.3 is 10.7 Å². The number of nitrogen functional groups attached to an aromatic ring is 1. The summed E-state index contributed by atoms with van der Waals surface area (Å²) in [5, 5.41) is 0.616. The molecule has 3 nitrogen and oxygen atoms in total. The van der Waals surface area contributed by atoms with Crippen LogP contribution in [0, 0.1) is 0 Å². The number of nitrogens with two attached hydrogens (primary N) is 1. The first-order valence-corrected chi connectivity index (χ1v) is 6.51. The van der Waals surface area contributed by atoms with Crippen LogP contribution in [0.1, 0.15) is 0 Å². The molecular weight excluding hydrogens is 314 g/mol. The zero-order valence-electron chi connectivity index (χ0n) is 9.24. The molecule has 1 heterocycles. The van der Waals surface area contributed by atoms with E-state index in [0.717, 1.165) is 26.9 Å². The van der Waals surface area contributed by atoms with Crippen LogP contribution in [0.15, 0.2) is 40.9 Å². The van der Waals surface area contributed by atoms with E-state index in [0.29, 0.717) is 10.7 Å². The zero-order valence-corrected chi connectivity index (χ0v) is 11.6. The first-order chi connectivity index (χ1) is 8.63. The maximum Gasteiger partial charge on any atom is 0.138 e. The lowest BCUT2D eigenvalue weighted by molar-refractivity contribution is 1.34. The van der Waals surface area contributed by atoms with E-state index in [4.69, 9.17) is 17.3 Å². The molecule has 0 radical (unpaired) electrons. The van der Waals surface area contributed by atoms with Gasteiger partial charge in [0.2, 0.25) is 0 Å². The standard InChI is InChI=1S/C13H9BrClN3/c14-8-5-10(15)12-11(6-8)17-13(18-12)7-2-1-3-9(16)4-7/h1-6H,16H2,(H,17,18). The van der Waals surface area contributed by atoms with Gasteiger partial charge in [-0.25, -0.2) is 4.98 Å². The summed E-state index contributed by atoms with van der Waals surface area (Å²) in [6.07, 6.45) is 0. The fourth-order valence-corrected chi connectivity index (χ4v) is 2.72. The van der Waals surface area contributed by atoms with Crippen molar-refractivity contribution in [3.05, 3.63) is 45.9 Å². The number of aromatic amines is 1. The average molecular weight is 323 g/mol. The number of halogens is 2. The number of nitrogens with one attached hydrogen (secondary N) is 1. The molecule has 0 spiro atoms. The van der Waals surface area contributed by atoms with Crippen LogP contribution < -0.4 is 5.73 Å². The van der Waals surface area contributed by atoms with Crippen LogP contribution in [0.2, 0.25) is 5.02 Å². The number of aromatic nitrogens is 2. The number of rotatable bonds is 1. The molecule has 0 fully saturated rings. The fourth-order valence-electron chi connectivity index (χ4n) is 1.86. The first-order valence-electron chi connectivity index (χ1n) is 5.34. The van der Waals surface area contributed by atoms with Gasteiger partial charge >= 0.3 is 0 Å². The predicted molar refractivity (Wildman–Crippen MR) is 78.7 cm³/mol. The third kappa shape index (κ3) is 1.98. The van der Waals surface area contributed by atoms with Crippen molar-refractivity contribution in [1.29, 1.82) is 0 Å². The molecule has 0 amide bonds. The predicted octanol–water partition coefficient (Wildman–Crippen LogP) is 4.23. The Labute approximate surface area is 117 Å². The lowest BCUT2D eigenvalue weighted by atomic mass is 10.2. The highest BCUT2D eigenvalue weighted by Crippen LogP contribution is 2.29. The monoisotopic (exact) mass is 321 g/mol. The van der Waals surface area contributed by atoms with Crippen molar-refractivity contribution >= 4 is 44.3 Å². The minimum atomic E-state index is 0.616. The molecule has 0 saturated carbocycles. The molecule has 3 aromatic rings. The van der Waals surface area contributed by atoms with E-state index < -0.39 is 0 Å². The quantitative estimate of drug-likeness (QED) is 0.659. The summed E-state index contributed by atoms with van der Waals surface area (Å²) >= 11 is 9.57. The number of H-pyrrole nitrogens is 1. The van der Waals surface area contributed by atoms with E-state index in [9.17, 15) is 0 Å². The highest BCUT2D eigenvalue weighted by Gasteiger charge is 2.09. The molecule has 2 aromatic carbocycles. The molecule has 5 heteroatoms. The van der Waals surface area contributed by atoms with Gasteiger partial charge in [0.15, 0.2) is 0 Å². The number of fused-ring (bicyclic) bond motifs is 1. The SMILES string of the molecule is Nc1cccc(-c2nc3c(Cl)cc(Br)cc3[nH]2)c1. The van der Waals surface area contributed by atoms with E-state index in [2.05, 4.69) is 25.9 Å². The van der Waals surface area contributed by atoms with Crippen molar-refractivity contribution in [2.24, 2.45) is 0 Å². The van der Waals surface area contributed by atoms with Crippen molar-refractivity contribution in [3.8, 4) is 11.4 Å². The molecule has 3 rings (SSSR count). The highest BCUT2D eigenvalue weighted by molar-refractivity contribution is 9.10. The van der Waals surface area contributed by atoms with Crippen LogP contribution in [0.4, 0.5) is 5.69 Å². The van der Waals surface area contributed by atoms with Gasteiger partial charge in [-0.3, -0.25) is 0 Å². The normalized spacial score (nSPS) is 11.0. The second kappa shape index (κ2) is 4.30. The van der Waals surface area contributed by atoms with Crippen molar-refractivity contribution in [1.82, 2.24) is 9.97 Å². The Balaban J connectivity index is 2.22. The van der Waals surface area contributed by atoms with Crippen LogP contribution in [-0.4, -0.2) is 9.97 Å². The minimum absolute atomic E-state index is 0.616. The topological polar surface area (TPSA) is 54.7 Å². The van der Waals surface area contributed by atoms with E-state index in [-0.39, 0.29) is 0 Å². The summed E-state index contributed by atoms with van der Waals surface area (Å²) in [6, 6.07) is 11.3. The molecule has 0 unspecified atom stereocenters. The molecule has 0 aliphatic heterocycles. The van der Waals surface area contributed by atoms with Crippen LogP contribution in [0.5, 0.6) is 0 Å². The van der Waals surface area contributed by atoms with Crippen LogP contribution in [-0.2, 0) is 0 Å². The Hall–Kier alpha value is -1.52. The zero-order chi connectivity index (χ0) is 12.7. The Morgan fingerprint density at radius 2 is 2.06 bits per heavy atom. The minimum Gasteiger partial charge on any atom is -0.399 e. The molecule has 0 bridgehead atoms. The number of hydrogen-bond acceptors (Lipinski definition) is 2. The van der Waals surface area contributed by atoms with Gasteiger partial charge in [-0.1, -0.05) is 39.7 Å². The van der Waals surface area contributed by atoms with Crippen LogP contribution >= 0.6 is 27.5 Å². The molecule has 3 N–H and O–H groups in total. The second-order valence-electron chi connectivity index (χ2n) is 3.99. The largest absolute Gasteiger partial charge is 0.399 e. The van der Waals surface area contributed by atoms with Crippen LogP contribution in [0.3, 0.4) is 0 Å². The Morgan fingerprint density at radius 3 is 2.83 bits per heavy atom. The van der Waals surface area contributed by atoms with Gasteiger partial charge in [0.05, 0.1) is 10.5 Å². The Kier molecular flexibility index (Phi) is 2.76. The van der Waals surface area contributed by atoms with Gasteiger partial charge in [-0.2, -0.15) is 0 Å². The summed E-state index contributed by atoms with van der Waals surface area (Å²) in [5.74, 6) is 0.761. The Bertz CT molecular complexity index is 736. The maximum atomic E-state index is 6.16. The van der Waals surface area contributed by atoms with Gasteiger partial charge in [0.25, 0.3) is 0 Å². The number of nitrogens with zero attached hydrogens (tertiary/aromatic N) is 1. The molecular formula is C13H9BrClN3. The number of anilines is 1. The highest BCUT2D eigenvalue weighted by atomic mass is 79.9. The smallest absolute Gasteiger partial charge is 0.138 e. The second-order valence-corrected chi connectivity index (χ2v) is 5.32. The van der Waals surface area contributed by atoms with Gasteiger partial charge in [0, 0.05) is 15.7 Å². The van der Waals surface area contributed by atoms with Crippen LogP contribution in [0.25, 0.3) is 22.4 Å². The van der Waals surface area contributed by atoms with E-state index in [1.165, 1.54) is 0 Å². The third-order valence-corrected chi connectivity index (χ3v) is 3.41. The molecule has 1 aromatic heterocycles. The van der Waals surface area contributed by atoms with Crippen molar-refractivity contribution in [2.45, 2.75) is 0 Å². The number of hydrogen-bond donors (Lipinski definition) is 2. The summed E-state index contributed by atoms with van der Waals surface area (Å²) in [7, 11) is 0. The Morgan fingerprint density at radius 1 is 1.22 bits per heavy atom. The summed E-state index contributed by atoms with van der Waals surface area (Å²) in [4.78, 5) is 7.74. The van der Waals surface area contributed by atoms with Crippen molar-refractivity contribution in [2.75, 3.05) is 5.73 Å². The maximum absolute atomic E-state index is 6.16. The lowest BCUT2D eigenvalue weighted by Crippen LogP contribution is -1.86. The van der Waals surface area contributed by atoms with Gasteiger partial charge in [0.1, 0.15) is 11.3 Å². The third-order valence-electron chi connectivity index (χ3n) is 2.66. The van der Waals surface area contributed by atoms with E-state index in [1.807, 2.05) is 36.4 Å². The van der Waals surface area contributed by atoms with Gasteiger partial charge in [-0.15, -0.1) is 0 Å². The fraction of sp³-hybridized carbons (Fsp3) is 0. The molecule has 90 valence electrons. The van der Waals surface area contributed by atoms with E-state index in [1.54, 1.807) is 0 Å².